The van der Waals surface area contributed by atoms with E-state index in [1.54, 1.807) is 11.3 Å². The highest BCUT2D eigenvalue weighted by atomic mass is 32.1. The van der Waals surface area contributed by atoms with Gasteiger partial charge in [-0.2, -0.15) is 0 Å². The molecule has 1 aliphatic heterocycles. The van der Waals surface area contributed by atoms with E-state index in [2.05, 4.69) is 16.8 Å². The highest BCUT2D eigenvalue weighted by Crippen LogP contribution is 2.30. The number of aromatic nitrogens is 1. The normalized spacial score (nSPS) is 22.9. The van der Waals surface area contributed by atoms with Crippen molar-refractivity contribution in [1.29, 1.82) is 0 Å². The zero-order chi connectivity index (χ0) is 16.2. The summed E-state index contributed by atoms with van der Waals surface area (Å²) in [6, 6.07) is 0.917. The summed E-state index contributed by atoms with van der Waals surface area (Å²) >= 11 is 1.63. The molecule has 1 amide bonds. The number of thiazole rings is 1. The van der Waals surface area contributed by atoms with E-state index >= 15 is 0 Å². The Bertz CT molecular complexity index is 490. The van der Waals surface area contributed by atoms with Crippen LogP contribution in [0, 0.1) is 5.92 Å². The van der Waals surface area contributed by atoms with Crippen molar-refractivity contribution in [3.05, 3.63) is 16.6 Å². The summed E-state index contributed by atoms with van der Waals surface area (Å²) in [6.07, 6.45) is 10.8. The van der Waals surface area contributed by atoms with Crippen LogP contribution in [0.5, 0.6) is 0 Å². The van der Waals surface area contributed by atoms with E-state index in [0.29, 0.717) is 5.91 Å². The van der Waals surface area contributed by atoms with Crippen molar-refractivity contribution >= 4 is 17.2 Å². The Kier molecular flexibility index (Phi) is 5.70. The largest absolute Gasteiger partial charge is 0.338 e. The zero-order valence-electron chi connectivity index (χ0n) is 14.4. The van der Waals surface area contributed by atoms with E-state index in [1.807, 2.05) is 23.7 Å². The summed E-state index contributed by atoms with van der Waals surface area (Å²) in [5.41, 5.74) is 1.84. The third kappa shape index (κ3) is 3.94. The highest BCUT2D eigenvalue weighted by molar-refractivity contribution is 7.09. The molecule has 3 rings (SSSR count). The fourth-order valence-electron chi connectivity index (χ4n) is 4.06. The molecule has 0 unspecified atom stereocenters. The van der Waals surface area contributed by atoms with Gasteiger partial charge in [-0.1, -0.05) is 19.3 Å². The van der Waals surface area contributed by atoms with Gasteiger partial charge in [0.15, 0.2) is 0 Å². The topological polar surface area (TPSA) is 36.4 Å². The maximum atomic E-state index is 12.8. The molecule has 1 aromatic heterocycles. The van der Waals surface area contributed by atoms with Gasteiger partial charge in [0, 0.05) is 30.1 Å². The second kappa shape index (κ2) is 7.75. The standard InChI is InChI=1S/C18H29N3OS/c1-14(17-12-19-13-23-17)20(2)18(22)15-8-10-21(11-9-15)16-6-4-3-5-7-16/h12-16H,3-11H2,1-2H3/t14-/m0/s1. The molecule has 0 bridgehead atoms. The fraction of sp³-hybridized carbons (Fsp3) is 0.778. The number of likely N-dealkylation sites (tertiary alicyclic amines) is 1. The van der Waals surface area contributed by atoms with Gasteiger partial charge >= 0.3 is 0 Å². The summed E-state index contributed by atoms with van der Waals surface area (Å²) in [6.45, 7) is 4.30. The van der Waals surface area contributed by atoms with E-state index in [0.717, 1.165) is 32.0 Å². The molecule has 1 aromatic rings. The minimum absolute atomic E-state index is 0.131. The number of carbonyl (C=O) groups is 1. The number of amides is 1. The SMILES string of the molecule is C[C@@H](c1cncs1)N(C)C(=O)C1CCN(C2CCCCC2)CC1. The first-order chi connectivity index (χ1) is 11.2. The molecule has 1 aliphatic carbocycles. The molecule has 128 valence electrons. The molecule has 0 radical (unpaired) electrons. The first-order valence-corrected chi connectivity index (χ1v) is 9.94. The number of hydrogen-bond donors (Lipinski definition) is 0. The van der Waals surface area contributed by atoms with Crippen LogP contribution < -0.4 is 0 Å². The summed E-state index contributed by atoms with van der Waals surface area (Å²) in [4.78, 5) is 22.7. The van der Waals surface area contributed by atoms with Gasteiger partial charge < -0.3 is 9.80 Å². The van der Waals surface area contributed by atoms with Gasteiger partial charge in [0.05, 0.1) is 11.6 Å². The lowest BCUT2D eigenvalue weighted by Crippen LogP contribution is -2.46. The van der Waals surface area contributed by atoms with E-state index in [1.165, 1.54) is 37.0 Å². The molecule has 0 aromatic carbocycles. The molecule has 2 heterocycles. The van der Waals surface area contributed by atoms with Crippen molar-refractivity contribution in [3.8, 4) is 0 Å². The van der Waals surface area contributed by atoms with Crippen molar-refractivity contribution in [2.45, 2.75) is 64.0 Å². The Balaban J connectivity index is 1.51. The van der Waals surface area contributed by atoms with Crippen molar-refractivity contribution < 1.29 is 4.79 Å². The molecule has 1 saturated carbocycles. The zero-order valence-corrected chi connectivity index (χ0v) is 15.2. The molecule has 4 nitrogen and oxygen atoms in total. The average molecular weight is 336 g/mol. The maximum absolute atomic E-state index is 12.8. The third-order valence-corrected chi connectivity index (χ3v) is 6.71. The third-order valence-electron chi connectivity index (χ3n) is 5.76. The number of nitrogens with zero attached hydrogens (tertiary/aromatic N) is 3. The predicted octanol–water partition coefficient (Wildman–Crippen LogP) is 3.71. The van der Waals surface area contributed by atoms with E-state index in [4.69, 9.17) is 0 Å². The first kappa shape index (κ1) is 16.9. The summed E-state index contributed by atoms with van der Waals surface area (Å²) in [5, 5.41) is 0. The molecule has 0 N–H and O–H groups in total. The molecule has 2 aliphatic rings. The highest BCUT2D eigenvalue weighted by Gasteiger charge is 2.32. The molecule has 1 atom stereocenters. The summed E-state index contributed by atoms with van der Waals surface area (Å²) in [5.74, 6) is 0.518. The maximum Gasteiger partial charge on any atom is 0.226 e. The lowest BCUT2D eigenvalue weighted by atomic mass is 9.89. The van der Waals surface area contributed by atoms with E-state index in [9.17, 15) is 4.79 Å². The molecule has 2 fully saturated rings. The summed E-state index contributed by atoms with van der Waals surface area (Å²) < 4.78 is 0. The molecule has 1 saturated heterocycles. The van der Waals surface area contributed by atoms with Crippen molar-refractivity contribution in [2.24, 2.45) is 5.92 Å². The fourth-order valence-corrected chi connectivity index (χ4v) is 4.78. The quantitative estimate of drug-likeness (QED) is 0.841. The molecule has 5 heteroatoms. The van der Waals surface area contributed by atoms with Crippen LogP contribution in [0.25, 0.3) is 0 Å². The smallest absolute Gasteiger partial charge is 0.226 e. The predicted molar refractivity (Wildman–Crippen MR) is 94.5 cm³/mol. The van der Waals surface area contributed by atoms with Crippen molar-refractivity contribution in [2.75, 3.05) is 20.1 Å². The van der Waals surface area contributed by atoms with Crippen LogP contribution in [0.1, 0.15) is 62.8 Å². The number of carbonyl (C=O) groups excluding carboxylic acids is 1. The monoisotopic (exact) mass is 335 g/mol. The number of rotatable bonds is 4. The summed E-state index contributed by atoms with van der Waals surface area (Å²) in [7, 11) is 1.94. The van der Waals surface area contributed by atoms with Crippen LogP contribution in [-0.4, -0.2) is 46.9 Å². The Morgan fingerprint density at radius 2 is 1.96 bits per heavy atom. The second-order valence-corrected chi connectivity index (χ2v) is 8.05. The number of piperidine rings is 1. The van der Waals surface area contributed by atoms with Gasteiger partial charge in [0.2, 0.25) is 5.91 Å². The Morgan fingerprint density at radius 3 is 2.57 bits per heavy atom. The Labute approximate surface area is 143 Å². The lowest BCUT2D eigenvalue weighted by Gasteiger charge is -2.40. The van der Waals surface area contributed by atoms with E-state index in [-0.39, 0.29) is 12.0 Å². The van der Waals surface area contributed by atoms with Crippen molar-refractivity contribution in [1.82, 2.24) is 14.8 Å². The minimum Gasteiger partial charge on any atom is -0.338 e. The van der Waals surface area contributed by atoms with Gasteiger partial charge in [0.1, 0.15) is 0 Å². The van der Waals surface area contributed by atoms with Crippen molar-refractivity contribution in [3.63, 3.8) is 0 Å². The molecular formula is C18H29N3OS. The van der Waals surface area contributed by atoms with Gasteiger partial charge in [-0.25, -0.2) is 0 Å². The van der Waals surface area contributed by atoms with Crippen LogP contribution in [0.2, 0.25) is 0 Å². The molecule has 0 spiro atoms. The van der Waals surface area contributed by atoms with Crippen LogP contribution in [-0.2, 0) is 4.79 Å². The van der Waals surface area contributed by atoms with E-state index < -0.39 is 0 Å². The van der Waals surface area contributed by atoms with Gasteiger partial charge in [-0.15, -0.1) is 11.3 Å². The first-order valence-electron chi connectivity index (χ1n) is 9.06. The molecule has 23 heavy (non-hydrogen) atoms. The Morgan fingerprint density at radius 1 is 1.26 bits per heavy atom. The van der Waals surface area contributed by atoms with Crippen LogP contribution in [0.4, 0.5) is 0 Å². The van der Waals surface area contributed by atoms with Crippen LogP contribution in [0.15, 0.2) is 11.7 Å². The average Bonchev–Trinajstić information content (AvgIpc) is 3.15. The Hall–Kier alpha value is -0.940. The van der Waals surface area contributed by atoms with Crippen LogP contribution in [0.3, 0.4) is 0 Å². The number of hydrogen-bond acceptors (Lipinski definition) is 4. The lowest BCUT2D eigenvalue weighted by molar-refractivity contribution is -0.137. The van der Waals surface area contributed by atoms with Gasteiger partial charge in [-0.3, -0.25) is 9.78 Å². The van der Waals surface area contributed by atoms with Gasteiger partial charge in [-0.05, 0) is 45.7 Å². The minimum atomic E-state index is 0.131. The second-order valence-electron chi connectivity index (χ2n) is 7.13. The van der Waals surface area contributed by atoms with Gasteiger partial charge in [0.25, 0.3) is 0 Å². The molecular weight excluding hydrogens is 306 g/mol. The van der Waals surface area contributed by atoms with Crippen LogP contribution >= 0.6 is 11.3 Å².